The Hall–Kier alpha value is -1.55. The van der Waals surface area contributed by atoms with E-state index in [1.54, 1.807) is 29.2 Å². The third-order valence-electron chi connectivity index (χ3n) is 4.99. The van der Waals surface area contributed by atoms with Crippen LogP contribution in [0.2, 0.25) is 5.02 Å². The number of benzene rings is 1. The molecule has 5 heteroatoms. The number of rotatable bonds is 2. The number of hydrogen-bond acceptors (Lipinski definition) is 2. The van der Waals surface area contributed by atoms with Crippen LogP contribution in [0.4, 0.5) is 0 Å². The zero-order chi connectivity index (χ0) is 16.4. The maximum Gasteiger partial charge on any atom is 0.254 e. The van der Waals surface area contributed by atoms with E-state index in [9.17, 15) is 9.59 Å². The van der Waals surface area contributed by atoms with E-state index in [4.69, 9.17) is 11.6 Å². The number of halogens is 1. The Morgan fingerprint density at radius 2 is 1.70 bits per heavy atom. The highest BCUT2D eigenvalue weighted by Crippen LogP contribution is 2.25. The smallest absolute Gasteiger partial charge is 0.254 e. The second kappa shape index (κ2) is 6.91. The zero-order valence-electron chi connectivity index (χ0n) is 13.5. The Morgan fingerprint density at radius 1 is 1.04 bits per heavy atom. The van der Waals surface area contributed by atoms with Gasteiger partial charge < -0.3 is 9.80 Å². The zero-order valence-corrected chi connectivity index (χ0v) is 14.3. The molecule has 2 fully saturated rings. The summed E-state index contributed by atoms with van der Waals surface area (Å²) in [5.41, 5.74) is 0.598. The molecule has 1 aromatic rings. The highest BCUT2D eigenvalue weighted by molar-refractivity contribution is 6.30. The van der Waals surface area contributed by atoms with Crippen LogP contribution in [-0.2, 0) is 4.79 Å². The predicted molar refractivity (Wildman–Crippen MR) is 90.5 cm³/mol. The van der Waals surface area contributed by atoms with E-state index in [2.05, 4.69) is 6.92 Å². The van der Waals surface area contributed by atoms with Crippen molar-refractivity contribution in [1.29, 1.82) is 0 Å². The van der Waals surface area contributed by atoms with E-state index in [0.29, 0.717) is 23.0 Å². The van der Waals surface area contributed by atoms with Gasteiger partial charge in [0.1, 0.15) is 6.04 Å². The van der Waals surface area contributed by atoms with Gasteiger partial charge in [-0.3, -0.25) is 9.59 Å². The standard InChI is InChI=1S/C18H23ClN2O2/c1-13-8-11-20(12-9-13)18(23)16-3-2-10-21(16)17(22)14-4-6-15(19)7-5-14/h4-7,13,16H,2-3,8-12H2,1H3/t16-/m0/s1. The molecule has 1 aromatic carbocycles. The van der Waals surface area contributed by atoms with Gasteiger partial charge in [-0.2, -0.15) is 0 Å². The van der Waals surface area contributed by atoms with E-state index in [-0.39, 0.29) is 17.9 Å². The first-order chi connectivity index (χ1) is 11.1. The average molecular weight is 335 g/mol. The monoisotopic (exact) mass is 334 g/mol. The second-order valence-electron chi connectivity index (χ2n) is 6.67. The van der Waals surface area contributed by atoms with Crippen molar-refractivity contribution in [3.8, 4) is 0 Å². The summed E-state index contributed by atoms with van der Waals surface area (Å²) in [5.74, 6) is 0.744. The highest BCUT2D eigenvalue weighted by Gasteiger charge is 2.37. The topological polar surface area (TPSA) is 40.6 Å². The van der Waals surface area contributed by atoms with Gasteiger partial charge in [0.25, 0.3) is 5.91 Å². The Labute approximate surface area is 142 Å². The number of carbonyl (C=O) groups excluding carboxylic acids is 2. The molecule has 2 amide bonds. The van der Waals surface area contributed by atoms with Crippen molar-refractivity contribution in [1.82, 2.24) is 9.80 Å². The van der Waals surface area contributed by atoms with Crippen LogP contribution < -0.4 is 0 Å². The largest absolute Gasteiger partial charge is 0.341 e. The third kappa shape index (κ3) is 3.52. The van der Waals surface area contributed by atoms with Crippen molar-refractivity contribution in [2.24, 2.45) is 5.92 Å². The molecule has 0 radical (unpaired) electrons. The second-order valence-corrected chi connectivity index (χ2v) is 7.11. The fraction of sp³-hybridized carbons (Fsp3) is 0.556. The van der Waals surface area contributed by atoms with Gasteiger partial charge >= 0.3 is 0 Å². The van der Waals surface area contributed by atoms with Crippen LogP contribution in [0, 0.1) is 5.92 Å². The van der Waals surface area contributed by atoms with Crippen LogP contribution in [0.3, 0.4) is 0 Å². The normalized spacial score (nSPS) is 22.4. The van der Waals surface area contributed by atoms with Gasteiger partial charge in [0.05, 0.1) is 0 Å². The van der Waals surface area contributed by atoms with Gasteiger partial charge in [-0.15, -0.1) is 0 Å². The number of hydrogen-bond donors (Lipinski definition) is 0. The minimum Gasteiger partial charge on any atom is -0.341 e. The van der Waals surface area contributed by atoms with Crippen LogP contribution in [0.1, 0.15) is 43.0 Å². The lowest BCUT2D eigenvalue weighted by Gasteiger charge is -2.34. The fourth-order valence-corrected chi connectivity index (χ4v) is 3.59. The number of carbonyl (C=O) groups is 2. The Morgan fingerprint density at radius 3 is 2.35 bits per heavy atom. The molecule has 4 nitrogen and oxygen atoms in total. The molecule has 23 heavy (non-hydrogen) atoms. The third-order valence-corrected chi connectivity index (χ3v) is 5.24. The molecular weight excluding hydrogens is 312 g/mol. The molecule has 2 aliphatic heterocycles. The summed E-state index contributed by atoms with van der Waals surface area (Å²) in [4.78, 5) is 29.2. The molecule has 2 saturated heterocycles. The SMILES string of the molecule is CC1CCN(C(=O)[C@@H]2CCCN2C(=O)c2ccc(Cl)cc2)CC1. The lowest BCUT2D eigenvalue weighted by Crippen LogP contribution is -2.49. The number of piperidine rings is 1. The first-order valence-electron chi connectivity index (χ1n) is 8.41. The quantitative estimate of drug-likeness (QED) is 0.833. The van der Waals surface area contributed by atoms with E-state index in [1.165, 1.54) is 0 Å². The molecule has 2 aliphatic rings. The molecule has 0 saturated carbocycles. The van der Waals surface area contributed by atoms with Crippen molar-refractivity contribution < 1.29 is 9.59 Å². The molecule has 0 spiro atoms. The lowest BCUT2D eigenvalue weighted by molar-refractivity contribution is -0.136. The van der Waals surface area contributed by atoms with Crippen molar-refractivity contribution in [3.63, 3.8) is 0 Å². The number of amides is 2. The van der Waals surface area contributed by atoms with Crippen LogP contribution in [0.25, 0.3) is 0 Å². The van der Waals surface area contributed by atoms with Crippen molar-refractivity contribution in [3.05, 3.63) is 34.9 Å². The van der Waals surface area contributed by atoms with Crippen molar-refractivity contribution in [2.45, 2.75) is 38.6 Å². The molecule has 0 unspecified atom stereocenters. The van der Waals surface area contributed by atoms with Gasteiger partial charge in [0.15, 0.2) is 0 Å². The summed E-state index contributed by atoms with van der Waals surface area (Å²) in [7, 11) is 0. The van der Waals surface area contributed by atoms with E-state index in [0.717, 1.165) is 38.8 Å². The van der Waals surface area contributed by atoms with Crippen LogP contribution >= 0.6 is 11.6 Å². The molecule has 1 atom stereocenters. The van der Waals surface area contributed by atoms with Gasteiger partial charge in [-0.1, -0.05) is 18.5 Å². The van der Waals surface area contributed by atoms with Crippen LogP contribution in [0.15, 0.2) is 24.3 Å². The van der Waals surface area contributed by atoms with Gasteiger partial charge in [-0.25, -0.2) is 0 Å². The lowest BCUT2D eigenvalue weighted by atomic mass is 9.98. The maximum atomic E-state index is 12.8. The number of likely N-dealkylation sites (tertiary alicyclic amines) is 2. The first-order valence-corrected chi connectivity index (χ1v) is 8.79. The summed E-state index contributed by atoms with van der Waals surface area (Å²) in [6, 6.07) is 6.59. The predicted octanol–water partition coefficient (Wildman–Crippen LogP) is 3.20. The molecule has 0 aromatic heterocycles. The molecule has 0 bridgehead atoms. The van der Waals surface area contributed by atoms with E-state index < -0.39 is 0 Å². The Bertz CT molecular complexity index is 579. The van der Waals surface area contributed by atoms with Gasteiger partial charge in [0.2, 0.25) is 5.91 Å². The molecule has 124 valence electrons. The molecular formula is C18H23ClN2O2. The van der Waals surface area contributed by atoms with Gasteiger partial charge in [0, 0.05) is 30.2 Å². The van der Waals surface area contributed by atoms with Crippen molar-refractivity contribution in [2.75, 3.05) is 19.6 Å². The van der Waals surface area contributed by atoms with Crippen molar-refractivity contribution >= 4 is 23.4 Å². The number of nitrogens with zero attached hydrogens (tertiary/aromatic N) is 2. The average Bonchev–Trinajstić information content (AvgIpc) is 3.04. The Kier molecular flexibility index (Phi) is 4.90. The molecule has 0 aliphatic carbocycles. The van der Waals surface area contributed by atoms with E-state index in [1.807, 2.05) is 4.90 Å². The molecule has 0 N–H and O–H groups in total. The summed E-state index contributed by atoms with van der Waals surface area (Å²) in [6.45, 7) is 4.52. The minimum atomic E-state index is -0.299. The maximum absolute atomic E-state index is 12.8. The summed E-state index contributed by atoms with van der Waals surface area (Å²) in [6.07, 6.45) is 3.78. The first kappa shape index (κ1) is 16.3. The summed E-state index contributed by atoms with van der Waals surface area (Å²) >= 11 is 5.88. The minimum absolute atomic E-state index is 0.0668. The molecule has 3 rings (SSSR count). The Balaban J connectivity index is 1.70. The summed E-state index contributed by atoms with van der Waals surface area (Å²) in [5, 5.41) is 0.609. The van der Waals surface area contributed by atoms with Crippen LogP contribution in [-0.4, -0.2) is 47.3 Å². The molecule has 2 heterocycles. The van der Waals surface area contributed by atoms with E-state index >= 15 is 0 Å². The highest BCUT2D eigenvalue weighted by atomic mass is 35.5. The van der Waals surface area contributed by atoms with Crippen LogP contribution in [0.5, 0.6) is 0 Å². The fourth-order valence-electron chi connectivity index (χ4n) is 3.46. The van der Waals surface area contributed by atoms with Gasteiger partial charge in [-0.05, 0) is 55.9 Å². The summed E-state index contributed by atoms with van der Waals surface area (Å²) < 4.78 is 0.